The van der Waals surface area contributed by atoms with Gasteiger partial charge in [0.05, 0.1) is 0 Å². The van der Waals surface area contributed by atoms with Crippen LogP contribution in [0.25, 0.3) is 0 Å². The molecule has 2 heteroatoms. The Morgan fingerprint density at radius 1 is 1.31 bits per heavy atom. The summed E-state index contributed by atoms with van der Waals surface area (Å²) < 4.78 is 0. The average molecular weight is 218 g/mol. The van der Waals surface area contributed by atoms with Crippen molar-refractivity contribution in [2.75, 3.05) is 7.05 Å². The molecule has 16 heavy (non-hydrogen) atoms. The predicted octanol–water partition coefficient (Wildman–Crippen LogP) is 2.17. The van der Waals surface area contributed by atoms with Gasteiger partial charge in [-0.05, 0) is 56.3 Å². The molecule has 0 heterocycles. The van der Waals surface area contributed by atoms with E-state index in [1.165, 1.54) is 24.8 Å². The second-order valence-electron chi connectivity index (χ2n) is 4.94. The number of rotatable bonds is 4. The lowest BCUT2D eigenvalue weighted by Crippen LogP contribution is -2.25. The third kappa shape index (κ3) is 2.45. The summed E-state index contributed by atoms with van der Waals surface area (Å²) in [5.74, 6) is 0. The van der Waals surface area contributed by atoms with Gasteiger partial charge in [0.2, 0.25) is 0 Å². The van der Waals surface area contributed by atoms with Crippen molar-refractivity contribution >= 4 is 0 Å². The van der Waals surface area contributed by atoms with Crippen LogP contribution in [-0.4, -0.2) is 13.1 Å². The van der Waals surface area contributed by atoms with Crippen molar-refractivity contribution < 1.29 is 0 Å². The molecule has 1 aromatic rings. The maximum Gasteiger partial charge on any atom is 0.0332 e. The van der Waals surface area contributed by atoms with Crippen LogP contribution in [0.15, 0.2) is 18.2 Å². The highest BCUT2D eigenvalue weighted by atomic mass is 14.9. The van der Waals surface area contributed by atoms with Gasteiger partial charge in [-0.15, -0.1) is 0 Å². The van der Waals surface area contributed by atoms with E-state index in [0.29, 0.717) is 6.04 Å². The van der Waals surface area contributed by atoms with E-state index < -0.39 is 0 Å². The summed E-state index contributed by atoms with van der Waals surface area (Å²) in [7, 11) is 2.01. The van der Waals surface area contributed by atoms with E-state index in [2.05, 4.69) is 30.4 Å². The fourth-order valence-corrected chi connectivity index (χ4v) is 2.60. The van der Waals surface area contributed by atoms with Crippen molar-refractivity contribution in [3.63, 3.8) is 0 Å². The zero-order chi connectivity index (χ0) is 11.5. The molecule has 2 rings (SSSR count). The Kier molecular flexibility index (Phi) is 3.62. The molecule has 1 aliphatic rings. The minimum atomic E-state index is 0.241. The highest BCUT2D eigenvalue weighted by molar-refractivity contribution is 5.36. The summed E-state index contributed by atoms with van der Waals surface area (Å²) >= 11 is 0. The van der Waals surface area contributed by atoms with Crippen LogP contribution in [0.3, 0.4) is 0 Å². The number of nitrogens with two attached hydrogens (primary N) is 1. The molecular weight excluding hydrogens is 196 g/mol. The maximum atomic E-state index is 5.88. The van der Waals surface area contributed by atoms with Gasteiger partial charge in [0.25, 0.3) is 0 Å². The summed E-state index contributed by atoms with van der Waals surface area (Å²) in [5, 5.41) is 3.36. The molecule has 0 radical (unpaired) electrons. The van der Waals surface area contributed by atoms with E-state index in [-0.39, 0.29) is 6.04 Å². The van der Waals surface area contributed by atoms with Crippen molar-refractivity contribution in [1.29, 1.82) is 0 Å². The quantitative estimate of drug-likeness (QED) is 0.813. The number of fused-ring (bicyclic) bond motifs is 1. The van der Waals surface area contributed by atoms with Gasteiger partial charge in [0.1, 0.15) is 0 Å². The number of hydrogen-bond donors (Lipinski definition) is 2. The molecule has 0 fully saturated rings. The minimum Gasteiger partial charge on any atom is -0.328 e. The van der Waals surface area contributed by atoms with Crippen LogP contribution in [0.5, 0.6) is 0 Å². The Hall–Kier alpha value is -0.860. The number of aryl methyl sites for hydroxylation is 2. The van der Waals surface area contributed by atoms with Crippen LogP contribution in [0.4, 0.5) is 0 Å². The van der Waals surface area contributed by atoms with Crippen molar-refractivity contribution in [3.05, 3.63) is 34.9 Å². The minimum absolute atomic E-state index is 0.241. The van der Waals surface area contributed by atoms with Gasteiger partial charge in [-0.25, -0.2) is 0 Å². The Morgan fingerprint density at radius 3 is 2.75 bits per heavy atom. The summed E-state index contributed by atoms with van der Waals surface area (Å²) in [6.45, 7) is 2.07. The molecule has 0 aromatic heterocycles. The van der Waals surface area contributed by atoms with Crippen LogP contribution in [-0.2, 0) is 12.8 Å². The first kappa shape index (κ1) is 11.6. The van der Waals surface area contributed by atoms with Gasteiger partial charge in [-0.1, -0.05) is 18.2 Å². The fourth-order valence-electron chi connectivity index (χ4n) is 2.60. The Balaban J connectivity index is 2.18. The number of nitrogens with one attached hydrogen (secondary N) is 1. The number of hydrogen-bond acceptors (Lipinski definition) is 2. The zero-order valence-corrected chi connectivity index (χ0v) is 10.3. The Bertz CT molecular complexity index is 358. The zero-order valence-electron chi connectivity index (χ0n) is 10.3. The predicted molar refractivity (Wildman–Crippen MR) is 68.5 cm³/mol. The lowest BCUT2D eigenvalue weighted by atomic mass is 9.97. The van der Waals surface area contributed by atoms with E-state index in [0.717, 1.165) is 6.42 Å². The first-order chi connectivity index (χ1) is 7.70. The molecule has 2 unspecified atom stereocenters. The SMILES string of the molecule is CNC(CC(C)N)c1ccc2c(c1)CCC2. The van der Waals surface area contributed by atoms with Gasteiger partial charge in [0, 0.05) is 12.1 Å². The molecule has 88 valence electrons. The summed E-state index contributed by atoms with van der Waals surface area (Å²) in [4.78, 5) is 0. The maximum absolute atomic E-state index is 5.88. The number of benzene rings is 1. The Morgan fingerprint density at radius 2 is 2.06 bits per heavy atom. The highest BCUT2D eigenvalue weighted by Crippen LogP contribution is 2.26. The van der Waals surface area contributed by atoms with Crippen LogP contribution in [0, 0.1) is 0 Å². The average Bonchev–Trinajstić information content (AvgIpc) is 2.72. The smallest absolute Gasteiger partial charge is 0.0332 e. The third-order valence-corrected chi connectivity index (χ3v) is 3.48. The molecule has 0 saturated carbocycles. The van der Waals surface area contributed by atoms with Gasteiger partial charge in [0.15, 0.2) is 0 Å². The first-order valence-electron chi connectivity index (χ1n) is 6.25. The highest BCUT2D eigenvalue weighted by Gasteiger charge is 2.15. The summed E-state index contributed by atoms with van der Waals surface area (Å²) in [5.41, 5.74) is 10.4. The van der Waals surface area contributed by atoms with Gasteiger partial charge < -0.3 is 11.1 Å². The van der Waals surface area contributed by atoms with E-state index in [4.69, 9.17) is 5.73 Å². The molecule has 0 spiro atoms. The van der Waals surface area contributed by atoms with E-state index in [1.807, 2.05) is 7.05 Å². The molecule has 0 bridgehead atoms. The monoisotopic (exact) mass is 218 g/mol. The molecule has 1 aliphatic carbocycles. The van der Waals surface area contributed by atoms with Crippen molar-refractivity contribution in [3.8, 4) is 0 Å². The largest absolute Gasteiger partial charge is 0.328 e. The normalized spacial score (nSPS) is 18.2. The second kappa shape index (κ2) is 4.98. The van der Waals surface area contributed by atoms with Crippen LogP contribution in [0.1, 0.15) is 42.5 Å². The van der Waals surface area contributed by atoms with Gasteiger partial charge in [-0.2, -0.15) is 0 Å². The van der Waals surface area contributed by atoms with Crippen LogP contribution >= 0.6 is 0 Å². The van der Waals surface area contributed by atoms with Crippen molar-refractivity contribution in [2.45, 2.75) is 44.7 Å². The topological polar surface area (TPSA) is 38.0 Å². The molecule has 2 nitrogen and oxygen atoms in total. The molecule has 0 amide bonds. The third-order valence-electron chi connectivity index (χ3n) is 3.48. The standard InChI is InChI=1S/C14H22N2/c1-10(15)8-14(16-2)13-7-6-11-4-3-5-12(11)9-13/h6-7,9-10,14,16H,3-5,8,15H2,1-2H3. The molecule has 1 aromatic carbocycles. The molecular formula is C14H22N2. The molecule has 2 atom stereocenters. The van der Waals surface area contributed by atoms with Crippen molar-refractivity contribution in [1.82, 2.24) is 5.32 Å². The first-order valence-corrected chi connectivity index (χ1v) is 6.25. The molecule has 3 N–H and O–H groups in total. The molecule has 0 saturated heterocycles. The van der Waals surface area contributed by atoms with E-state index >= 15 is 0 Å². The van der Waals surface area contributed by atoms with Crippen LogP contribution < -0.4 is 11.1 Å². The second-order valence-corrected chi connectivity index (χ2v) is 4.94. The fraction of sp³-hybridized carbons (Fsp3) is 0.571. The molecule has 0 aliphatic heterocycles. The van der Waals surface area contributed by atoms with Crippen molar-refractivity contribution in [2.24, 2.45) is 5.73 Å². The van der Waals surface area contributed by atoms with Crippen LogP contribution in [0.2, 0.25) is 0 Å². The lowest BCUT2D eigenvalue weighted by Gasteiger charge is -2.19. The summed E-state index contributed by atoms with van der Waals surface area (Å²) in [6, 6.07) is 7.56. The lowest BCUT2D eigenvalue weighted by molar-refractivity contribution is 0.499. The van der Waals surface area contributed by atoms with E-state index in [1.54, 1.807) is 11.1 Å². The summed E-state index contributed by atoms with van der Waals surface area (Å²) in [6.07, 6.45) is 4.82. The van der Waals surface area contributed by atoms with Gasteiger partial charge >= 0.3 is 0 Å². The van der Waals surface area contributed by atoms with Gasteiger partial charge in [-0.3, -0.25) is 0 Å². The van der Waals surface area contributed by atoms with E-state index in [9.17, 15) is 0 Å². The Labute approximate surface area is 98.2 Å².